The molecule has 0 spiro atoms. The summed E-state index contributed by atoms with van der Waals surface area (Å²) in [5.74, 6) is -3.33. The van der Waals surface area contributed by atoms with E-state index in [1.165, 1.54) is 18.2 Å². The lowest BCUT2D eigenvalue weighted by Gasteiger charge is -2.16. The highest BCUT2D eigenvalue weighted by atomic mass is 79.9. The van der Waals surface area contributed by atoms with Gasteiger partial charge in [0, 0.05) is 5.56 Å². The smallest absolute Gasteiger partial charge is 0.286 e. The molecule has 0 unspecified atom stereocenters. The predicted octanol–water partition coefficient (Wildman–Crippen LogP) is 2.21. The Bertz CT molecular complexity index is 317. The Hall–Kier alpha value is -0.680. The SMILES string of the molecule is NCC(F)(F)c1cccc(O)c1Br. The summed E-state index contributed by atoms with van der Waals surface area (Å²) in [5.41, 5.74) is 4.61. The predicted molar refractivity (Wildman–Crippen MR) is 48.8 cm³/mol. The monoisotopic (exact) mass is 251 g/mol. The number of phenols is 1. The molecule has 0 aliphatic heterocycles. The van der Waals surface area contributed by atoms with Crippen LogP contribution in [0, 0.1) is 0 Å². The van der Waals surface area contributed by atoms with E-state index < -0.39 is 12.5 Å². The zero-order valence-electron chi connectivity index (χ0n) is 6.60. The van der Waals surface area contributed by atoms with Crippen LogP contribution in [0.5, 0.6) is 5.75 Å². The number of hydrogen-bond acceptors (Lipinski definition) is 2. The topological polar surface area (TPSA) is 46.2 Å². The first-order chi connectivity index (χ1) is 5.99. The molecule has 3 N–H and O–H groups in total. The summed E-state index contributed by atoms with van der Waals surface area (Å²) >= 11 is 2.87. The van der Waals surface area contributed by atoms with Crippen molar-refractivity contribution in [3.8, 4) is 5.75 Å². The Kier molecular flexibility index (Phi) is 2.87. The molecule has 0 saturated heterocycles. The van der Waals surface area contributed by atoms with E-state index in [1.54, 1.807) is 0 Å². The molecule has 0 bridgehead atoms. The second kappa shape index (κ2) is 3.59. The Morgan fingerprint density at radius 3 is 2.62 bits per heavy atom. The van der Waals surface area contributed by atoms with Gasteiger partial charge in [0.25, 0.3) is 5.92 Å². The van der Waals surface area contributed by atoms with Crippen molar-refractivity contribution in [1.82, 2.24) is 0 Å². The summed E-state index contributed by atoms with van der Waals surface area (Å²) < 4.78 is 26.1. The van der Waals surface area contributed by atoms with Crippen LogP contribution in [0.25, 0.3) is 0 Å². The molecule has 0 aromatic heterocycles. The lowest BCUT2D eigenvalue weighted by atomic mass is 10.1. The van der Waals surface area contributed by atoms with E-state index in [-0.39, 0.29) is 15.8 Å². The molecular weight excluding hydrogens is 244 g/mol. The van der Waals surface area contributed by atoms with Gasteiger partial charge in [-0.25, -0.2) is 0 Å². The standard InChI is InChI=1S/C8H8BrF2NO/c9-7-5(8(10,11)4-12)2-1-3-6(7)13/h1-3,13H,4,12H2. The lowest BCUT2D eigenvalue weighted by Crippen LogP contribution is -2.25. The summed E-state index contributed by atoms with van der Waals surface area (Å²) in [4.78, 5) is 0. The summed E-state index contributed by atoms with van der Waals surface area (Å²) in [7, 11) is 0. The van der Waals surface area contributed by atoms with Crippen molar-refractivity contribution in [1.29, 1.82) is 0 Å². The van der Waals surface area contributed by atoms with Crippen LogP contribution >= 0.6 is 15.9 Å². The number of alkyl halides is 2. The van der Waals surface area contributed by atoms with Crippen molar-refractivity contribution in [2.24, 2.45) is 5.73 Å². The molecule has 0 amide bonds. The Labute approximate surface area is 82.5 Å². The van der Waals surface area contributed by atoms with Crippen molar-refractivity contribution in [2.45, 2.75) is 5.92 Å². The third-order valence-electron chi connectivity index (χ3n) is 1.63. The largest absolute Gasteiger partial charge is 0.507 e. The summed E-state index contributed by atoms with van der Waals surface area (Å²) in [6.07, 6.45) is 0. The number of phenolic OH excluding ortho intramolecular Hbond substituents is 1. The van der Waals surface area contributed by atoms with Crippen molar-refractivity contribution >= 4 is 15.9 Å². The molecular formula is C8H8BrF2NO. The quantitative estimate of drug-likeness (QED) is 0.847. The van der Waals surface area contributed by atoms with Gasteiger partial charge in [-0.1, -0.05) is 12.1 Å². The Morgan fingerprint density at radius 2 is 2.08 bits per heavy atom. The van der Waals surface area contributed by atoms with Crippen LogP contribution in [-0.2, 0) is 5.92 Å². The van der Waals surface area contributed by atoms with E-state index >= 15 is 0 Å². The highest BCUT2D eigenvalue weighted by molar-refractivity contribution is 9.10. The van der Waals surface area contributed by atoms with Gasteiger partial charge in [-0.15, -0.1) is 0 Å². The number of hydrogen-bond donors (Lipinski definition) is 2. The van der Waals surface area contributed by atoms with Crippen LogP contribution in [-0.4, -0.2) is 11.7 Å². The molecule has 0 aliphatic rings. The zero-order chi connectivity index (χ0) is 10.1. The fourth-order valence-corrected chi connectivity index (χ4v) is 1.47. The molecule has 0 fully saturated rings. The summed E-state index contributed by atoms with van der Waals surface area (Å²) in [6.45, 7) is -0.783. The van der Waals surface area contributed by atoms with Crippen LogP contribution in [0.3, 0.4) is 0 Å². The average Bonchev–Trinajstić information content (AvgIpc) is 2.09. The molecule has 0 saturated carbocycles. The molecule has 5 heteroatoms. The van der Waals surface area contributed by atoms with E-state index in [0.717, 1.165) is 0 Å². The first-order valence-corrected chi connectivity index (χ1v) is 4.34. The van der Waals surface area contributed by atoms with E-state index in [2.05, 4.69) is 15.9 Å². The van der Waals surface area contributed by atoms with Gasteiger partial charge in [0.2, 0.25) is 0 Å². The Morgan fingerprint density at radius 1 is 1.46 bits per heavy atom. The first kappa shape index (κ1) is 10.4. The minimum atomic E-state index is -3.11. The molecule has 0 heterocycles. The zero-order valence-corrected chi connectivity index (χ0v) is 8.18. The highest BCUT2D eigenvalue weighted by Crippen LogP contribution is 2.37. The van der Waals surface area contributed by atoms with E-state index in [4.69, 9.17) is 10.8 Å². The van der Waals surface area contributed by atoms with Gasteiger partial charge in [-0.3, -0.25) is 0 Å². The minimum Gasteiger partial charge on any atom is -0.507 e. The molecule has 0 aliphatic carbocycles. The summed E-state index contributed by atoms with van der Waals surface area (Å²) in [5, 5.41) is 9.14. The third-order valence-corrected chi connectivity index (χ3v) is 2.46. The average molecular weight is 252 g/mol. The van der Waals surface area contributed by atoms with Crippen LogP contribution < -0.4 is 5.73 Å². The fourth-order valence-electron chi connectivity index (χ4n) is 0.912. The first-order valence-electron chi connectivity index (χ1n) is 3.55. The third kappa shape index (κ3) is 1.97. The molecule has 13 heavy (non-hydrogen) atoms. The van der Waals surface area contributed by atoms with E-state index in [9.17, 15) is 8.78 Å². The fraction of sp³-hybridized carbons (Fsp3) is 0.250. The van der Waals surface area contributed by atoms with Gasteiger partial charge in [-0.05, 0) is 22.0 Å². The maximum atomic E-state index is 13.1. The van der Waals surface area contributed by atoms with E-state index in [1.807, 2.05) is 0 Å². The second-order valence-corrected chi connectivity index (χ2v) is 3.34. The number of halogens is 3. The van der Waals surface area contributed by atoms with Gasteiger partial charge in [0.1, 0.15) is 5.75 Å². The maximum absolute atomic E-state index is 13.1. The number of rotatable bonds is 2. The normalized spacial score (nSPS) is 11.7. The molecule has 1 aromatic rings. The molecule has 0 atom stereocenters. The van der Waals surface area contributed by atoms with E-state index in [0.29, 0.717) is 0 Å². The van der Waals surface area contributed by atoms with Gasteiger partial charge >= 0.3 is 0 Å². The number of aromatic hydroxyl groups is 1. The van der Waals surface area contributed by atoms with Crippen molar-refractivity contribution in [3.05, 3.63) is 28.2 Å². The van der Waals surface area contributed by atoms with Gasteiger partial charge in [-0.2, -0.15) is 8.78 Å². The van der Waals surface area contributed by atoms with Crippen LogP contribution in [0.15, 0.2) is 22.7 Å². The summed E-state index contributed by atoms with van der Waals surface area (Å²) in [6, 6.07) is 3.88. The maximum Gasteiger partial charge on any atom is 0.286 e. The molecule has 2 nitrogen and oxygen atoms in total. The Balaban J connectivity index is 3.22. The minimum absolute atomic E-state index is 0.00884. The molecule has 0 radical (unpaired) electrons. The lowest BCUT2D eigenvalue weighted by molar-refractivity contribution is 0.00496. The highest BCUT2D eigenvalue weighted by Gasteiger charge is 2.32. The van der Waals surface area contributed by atoms with Crippen molar-refractivity contribution < 1.29 is 13.9 Å². The van der Waals surface area contributed by atoms with Crippen LogP contribution in [0.2, 0.25) is 0 Å². The second-order valence-electron chi connectivity index (χ2n) is 2.55. The van der Waals surface area contributed by atoms with Gasteiger partial charge in [0.15, 0.2) is 0 Å². The van der Waals surface area contributed by atoms with Crippen molar-refractivity contribution in [2.75, 3.05) is 6.54 Å². The van der Waals surface area contributed by atoms with Gasteiger partial charge < -0.3 is 10.8 Å². The van der Waals surface area contributed by atoms with Crippen LogP contribution in [0.4, 0.5) is 8.78 Å². The number of benzene rings is 1. The molecule has 1 aromatic carbocycles. The molecule has 1 rings (SSSR count). The van der Waals surface area contributed by atoms with Crippen LogP contribution in [0.1, 0.15) is 5.56 Å². The molecule has 72 valence electrons. The number of nitrogens with two attached hydrogens (primary N) is 1. The van der Waals surface area contributed by atoms with Gasteiger partial charge in [0.05, 0.1) is 11.0 Å². The van der Waals surface area contributed by atoms with Crippen molar-refractivity contribution in [3.63, 3.8) is 0 Å².